The van der Waals surface area contributed by atoms with Crippen molar-refractivity contribution in [1.82, 2.24) is 4.98 Å². The van der Waals surface area contributed by atoms with E-state index < -0.39 is 0 Å². The fourth-order valence-corrected chi connectivity index (χ4v) is 1.45. The van der Waals surface area contributed by atoms with Crippen molar-refractivity contribution in [1.29, 1.82) is 5.26 Å². The van der Waals surface area contributed by atoms with Gasteiger partial charge in [-0.15, -0.1) is 16.7 Å². The van der Waals surface area contributed by atoms with Crippen LogP contribution in [-0.4, -0.2) is 16.3 Å². The lowest BCUT2D eigenvalue weighted by Gasteiger charge is -1.89. The molecule has 62 valence electrons. The number of aromatic nitrogens is 1. The second-order valence-electron chi connectivity index (χ2n) is 1.93. The standard InChI is InChI=1S/C6H5N3O2S/c1-12-4-3(2-7)6(10)8-5(4)9-11/h8,10H,1H3. The van der Waals surface area contributed by atoms with Gasteiger partial charge in [-0.2, -0.15) is 5.26 Å². The predicted molar refractivity (Wildman–Crippen MR) is 44.4 cm³/mol. The van der Waals surface area contributed by atoms with Crippen LogP contribution in [-0.2, 0) is 0 Å². The van der Waals surface area contributed by atoms with E-state index in [4.69, 9.17) is 10.4 Å². The molecule has 0 bridgehead atoms. The summed E-state index contributed by atoms with van der Waals surface area (Å²) in [6.45, 7) is 0. The van der Waals surface area contributed by atoms with Gasteiger partial charge in [-0.3, -0.25) is 0 Å². The zero-order chi connectivity index (χ0) is 9.14. The van der Waals surface area contributed by atoms with Crippen LogP contribution in [0.2, 0.25) is 0 Å². The van der Waals surface area contributed by atoms with Crippen LogP contribution in [0.1, 0.15) is 5.56 Å². The van der Waals surface area contributed by atoms with Gasteiger partial charge in [-0.25, -0.2) is 0 Å². The molecule has 0 saturated carbocycles. The van der Waals surface area contributed by atoms with E-state index in [-0.39, 0.29) is 17.3 Å². The molecule has 2 N–H and O–H groups in total. The van der Waals surface area contributed by atoms with E-state index in [1.165, 1.54) is 11.8 Å². The number of hydrogen-bond donors (Lipinski definition) is 2. The zero-order valence-electron chi connectivity index (χ0n) is 6.16. The highest BCUT2D eigenvalue weighted by Gasteiger charge is 2.16. The van der Waals surface area contributed by atoms with Gasteiger partial charge in [0.25, 0.3) is 0 Å². The van der Waals surface area contributed by atoms with Crippen molar-refractivity contribution in [3.8, 4) is 11.9 Å². The van der Waals surface area contributed by atoms with Gasteiger partial charge in [-0.1, -0.05) is 0 Å². The quantitative estimate of drug-likeness (QED) is 0.539. The smallest absolute Gasteiger partial charge is 0.209 e. The Balaban J connectivity index is 3.37. The number of aromatic hydroxyl groups is 1. The number of rotatable bonds is 2. The monoisotopic (exact) mass is 183 g/mol. The molecule has 0 radical (unpaired) electrons. The molecule has 1 rings (SSSR count). The lowest BCUT2D eigenvalue weighted by atomic mass is 10.3. The Kier molecular flexibility index (Phi) is 2.35. The molecule has 1 aromatic heterocycles. The van der Waals surface area contributed by atoms with E-state index in [1.807, 2.05) is 0 Å². The summed E-state index contributed by atoms with van der Waals surface area (Å²) < 4.78 is 0. The molecular formula is C6H5N3O2S. The summed E-state index contributed by atoms with van der Waals surface area (Å²) in [6.07, 6.45) is 1.69. The van der Waals surface area contributed by atoms with Crippen LogP contribution < -0.4 is 0 Å². The van der Waals surface area contributed by atoms with Crippen molar-refractivity contribution in [2.45, 2.75) is 4.90 Å². The number of nitrogens with zero attached hydrogens (tertiary/aromatic N) is 2. The summed E-state index contributed by atoms with van der Waals surface area (Å²) in [7, 11) is 0. The first-order valence-corrected chi connectivity index (χ1v) is 4.19. The SMILES string of the molecule is CSc1c(N=O)[nH]c(O)c1C#N. The van der Waals surface area contributed by atoms with Gasteiger partial charge >= 0.3 is 0 Å². The molecule has 0 spiro atoms. The van der Waals surface area contributed by atoms with E-state index in [0.29, 0.717) is 4.90 Å². The van der Waals surface area contributed by atoms with Crippen LogP contribution >= 0.6 is 11.8 Å². The van der Waals surface area contributed by atoms with Gasteiger partial charge in [0.2, 0.25) is 5.88 Å². The Hall–Kier alpha value is -1.48. The summed E-state index contributed by atoms with van der Waals surface area (Å²) in [6, 6.07) is 1.77. The van der Waals surface area contributed by atoms with E-state index in [1.54, 1.807) is 12.3 Å². The van der Waals surface area contributed by atoms with Crippen molar-refractivity contribution < 1.29 is 5.11 Å². The van der Waals surface area contributed by atoms with Gasteiger partial charge in [-0.05, 0) is 11.4 Å². The van der Waals surface area contributed by atoms with E-state index in [2.05, 4.69) is 10.2 Å². The number of H-pyrrole nitrogens is 1. The molecule has 1 heterocycles. The van der Waals surface area contributed by atoms with Crippen LogP contribution in [0.4, 0.5) is 5.82 Å². The average Bonchev–Trinajstić information content (AvgIpc) is 2.40. The van der Waals surface area contributed by atoms with E-state index in [0.717, 1.165) is 0 Å². The molecule has 0 amide bonds. The van der Waals surface area contributed by atoms with Crippen LogP contribution in [0.5, 0.6) is 5.88 Å². The highest BCUT2D eigenvalue weighted by molar-refractivity contribution is 7.98. The lowest BCUT2D eigenvalue weighted by Crippen LogP contribution is -1.71. The van der Waals surface area contributed by atoms with Gasteiger partial charge < -0.3 is 10.1 Å². The summed E-state index contributed by atoms with van der Waals surface area (Å²) in [5.74, 6) is -0.312. The molecular weight excluding hydrogens is 178 g/mol. The largest absolute Gasteiger partial charge is 0.494 e. The Morgan fingerprint density at radius 3 is 2.83 bits per heavy atom. The number of thioether (sulfide) groups is 1. The zero-order valence-corrected chi connectivity index (χ0v) is 6.97. The van der Waals surface area contributed by atoms with Gasteiger partial charge in [0, 0.05) is 0 Å². The number of nitriles is 1. The maximum atomic E-state index is 10.2. The topological polar surface area (TPSA) is 89.2 Å². The van der Waals surface area contributed by atoms with Crippen molar-refractivity contribution in [2.24, 2.45) is 5.18 Å². The maximum absolute atomic E-state index is 10.2. The third-order valence-corrected chi connectivity index (χ3v) is 2.13. The first kappa shape index (κ1) is 8.62. The molecule has 5 nitrogen and oxygen atoms in total. The van der Waals surface area contributed by atoms with Gasteiger partial charge in [0.15, 0.2) is 5.82 Å². The number of nitrogens with one attached hydrogen (secondary N) is 1. The third-order valence-electron chi connectivity index (χ3n) is 1.32. The third kappa shape index (κ3) is 1.14. The molecule has 6 heteroatoms. The summed E-state index contributed by atoms with van der Waals surface area (Å²) in [5.41, 5.74) is 0.0668. The summed E-state index contributed by atoms with van der Waals surface area (Å²) in [5, 5.41) is 20.3. The molecule has 0 aromatic carbocycles. The second kappa shape index (κ2) is 3.28. The normalized spacial score (nSPS) is 9.33. The van der Waals surface area contributed by atoms with E-state index >= 15 is 0 Å². The molecule has 0 fully saturated rings. The summed E-state index contributed by atoms with van der Waals surface area (Å²) >= 11 is 1.18. The van der Waals surface area contributed by atoms with Crippen molar-refractivity contribution in [2.75, 3.05) is 6.26 Å². The molecule has 0 saturated heterocycles. The first-order valence-electron chi connectivity index (χ1n) is 2.97. The molecule has 0 aliphatic carbocycles. The van der Waals surface area contributed by atoms with E-state index in [9.17, 15) is 4.91 Å². The predicted octanol–water partition coefficient (Wildman–Crippen LogP) is 1.71. The minimum Gasteiger partial charge on any atom is -0.494 e. The summed E-state index contributed by atoms with van der Waals surface area (Å²) in [4.78, 5) is 12.8. The van der Waals surface area contributed by atoms with Crippen molar-refractivity contribution >= 4 is 17.6 Å². The minimum atomic E-state index is -0.309. The van der Waals surface area contributed by atoms with Crippen molar-refractivity contribution in [3.05, 3.63) is 10.5 Å². The van der Waals surface area contributed by atoms with Crippen LogP contribution in [0, 0.1) is 16.2 Å². The molecule has 0 aliphatic heterocycles. The van der Waals surface area contributed by atoms with Crippen LogP contribution in [0.15, 0.2) is 10.1 Å². The molecule has 0 aliphatic rings. The highest BCUT2D eigenvalue weighted by Crippen LogP contribution is 2.35. The Bertz CT molecular complexity index is 352. The molecule has 0 unspecified atom stereocenters. The Labute approximate surface area is 72.4 Å². The molecule has 1 aromatic rings. The molecule has 0 atom stereocenters. The van der Waals surface area contributed by atoms with Gasteiger partial charge in [0.1, 0.15) is 11.6 Å². The lowest BCUT2D eigenvalue weighted by molar-refractivity contribution is 0.455. The number of hydrogen-bond acceptors (Lipinski definition) is 5. The van der Waals surface area contributed by atoms with Crippen LogP contribution in [0.25, 0.3) is 0 Å². The number of aromatic amines is 1. The first-order chi connectivity index (χ1) is 5.74. The Morgan fingerprint density at radius 2 is 2.42 bits per heavy atom. The van der Waals surface area contributed by atoms with Gasteiger partial charge in [0.05, 0.1) is 4.90 Å². The highest BCUT2D eigenvalue weighted by atomic mass is 32.2. The van der Waals surface area contributed by atoms with Crippen LogP contribution in [0.3, 0.4) is 0 Å². The average molecular weight is 183 g/mol. The fraction of sp³-hybridized carbons (Fsp3) is 0.167. The number of nitroso groups, excluding NO2 is 1. The van der Waals surface area contributed by atoms with Crippen molar-refractivity contribution in [3.63, 3.8) is 0 Å². The fourth-order valence-electron chi connectivity index (χ4n) is 0.824. The second-order valence-corrected chi connectivity index (χ2v) is 2.75. The Morgan fingerprint density at radius 1 is 1.75 bits per heavy atom. The molecule has 12 heavy (non-hydrogen) atoms. The maximum Gasteiger partial charge on any atom is 0.209 e. The minimum absolute atomic E-state index is 0.00319.